The fourth-order valence-corrected chi connectivity index (χ4v) is 4.47. The third-order valence-electron chi connectivity index (χ3n) is 6.30. The minimum absolute atomic E-state index is 0.0427. The number of pyridine rings is 1. The van der Waals surface area contributed by atoms with Crippen molar-refractivity contribution in [3.8, 4) is 0 Å². The number of hydrogen-bond acceptors (Lipinski definition) is 7. The van der Waals surface area contributed by atoms with Gasteiger partial charge in [0, 0.05) is 31.3 Å². The average Bonchev–Trinajstić information content (AvgIpc) is 3.12. The molecule has 2 aliphatic heterocycles. The number of rotatable bonds is 11. The SMILES string of the molecule is O=C1CCC(N2C(=O)c3cccc(NCCCCCCCC(=O)Nc4ccccn4)c3C2=O)C(=O)N1. The fourth-order valence-electron chi connectivity index (χ4n) is 4.47. The Balaban J connectivity index is 1.20. The van der Waals surface area contributed by atoms with Gasteiger partial charge in [-0.3, -0.25) is 34.2 Å². The topological polar surface area (TPSA) is 138 Å². The highest BCUT2D eigenvalue weighted by atomic mass is 16.2. The van der Waals surface area contributed by atoms with Crippen LogP contribution in [0.15, 0.2) is 42.6 Å². The van der Waals surface area contributed by atoms with E-state index in [1.807, 2.05) is 6.07 Å². The minimum atomic E-state index is -0.978. The van der Waals surface area contributed by atoms with Gasteiger partial charge >= 0.3 is 0 Å². The summed E-state index contributed by atoms with van der Waals surface area (Å²) in [7, 11) is 0. The molecule has 2 aliphatic rings. The van der Waals surface area contributed by atoms with Gasteiger partial charge in [-0.2, -0.15) is 0 Å². The smallest absolute Gasteiger partial charge is 0.264 e. The number of anilines is 2. The number of nitrogens with one attached hydrogen (secondary N) is 3. The van der Waals surface area contributed by atoms with E-state index in [2.05, 4.69) is 20.9 Å². The monoisotopic (exact) mass is 491 g/mol. The summed E-state index contributed by atoms with van der Waals surface area (Å²) in [6, 6.07) is 9.42. The maximum absolute atomic E-state index is 13.1. The number of piperidine rings is 1. The summed E-state index contributed by atoms with van der Waals surface area (Å²) >= 11 is 0. The quantitative estimate of drug-likeness (QED) is 0.325. The Hall–Kier alpha value is -4.08. The predicted molar refractivity (Wildman–Crippen MR) is 132 cm³/mol. The second-order valence-corrected chi connectivity index (χ2v) is 8.88. The van der Waals surface area contributed by atoms with E-state index >= 15 is 0 Å². The number of fused-ring (bicyclic) bond motifs is 1. The van der Waals surface area contributed by atoms with Crippen LogP contribution in [-0.4, -0.2) is 52.0 Å². The Morgan fingerprint density at radius 1 is 0.972 bits per heavy atom. The molecule has 10 nitrogen and oxygen atoms in total. The van der Waals surface area contributed by atoms with E-state index in [1.165, 1.54) is 0 Å². The predicted octanol–water partition coefficient (Wildman–Crippen LogP) is 2.87. The maximum atomic E-state index is 13.1. The zero-order valence-electron chi connectivity index (χ0n) is 19.9. The van der Waals surface area contributed by atoms with E-state index in [4.69, 9.17) is 0 Å². The molecular weight excluding hydrogens is 462 g/mol. The zero-order valence-corrected chi connectivity index (χ0v) is 19.9. The Morgan fingerprint density at radius 2 is 1.78 bits per heavy atom. The Morgan fingerprint density at radius 3 is 2.56 bits per heavy atom. The van der Waals surface area contributed by atoms with Crippen LogP contribution >= 0.6 is 0 Å². The lowest BCUT2D eigenvalue weighted by Gasteiger charge is -2.27. The van der Waals surface area contributed by atoms with Crippen molar-refractivity contribution in [2.45, 2.75) is 57.4 Å². The van der Waals surface area contributed by atoms with Gasteiger partial charge in [0.25, 0.3) is 11.8 Å². The number of hydrogen-bond donors (Lipinski definition) is 3. The summed E-state index contributed by atoms with van der Waals surface area (Å²) in [5.41, 5.74) is 1.09. The number of unbranched alkanes of at least 4 members (excludes halogenated alkanes) is 4. The van der Waals surface area contributed by atoms with Gasteiger partial charge in [0.2, 0.25) is 17.7 Å². The minimum Gasteiger partial charge on any atom is -0.384 e. The van der Waals surface area contributed by atoms with Crippen LogP contribution in [-0.2, 0) is 14.4 Å². The van der Waals surface area contributed by atoms with Crippen LogP contribution in [0.5, 0.6) is 0 Å². The first-order valence-electron chi connectivity index (χ1n) is 12.2. The summed E-state index contributed by atoms with van der Waals surface area (Å²) in [5.74, 6) is -1.54. The Labute approximate surface area is 208 Å². The molecule has 5 amide bonds. The van der Waals surface area contributed by atoms with Crippen molar-refractivity contribution in [2.24, 2.45) is 0 Å². The molecule has 36 heavy (non-hydrogen) atoms. The largest absolute Gasteiger partial charge is 0.384 e. The van der Waals surface area contributed by atoms with Crippen molar-refractivity contribution < 1.29 is 24.0 Å². The van der Waals surface area contributed by atoms with Crippen molar-refractivity contribution in [3.05, 3.63) is 53.7 Å². The van der Waals surface area contributed by atoms with Crippen LogP contribution in [0.2, 0.25) is 0 Å². The number of aromatic nitrogens is 1. The lowest BCUT2D eigenvalue weighted by molar-refractivity contribution is -0.136. The number of carbonyl (C=O) groups excluding carboxylic acids is 5. The van der Waals surface area contributed by atoms with E-state index in [0.717, 1.165) is 37.0 Å². The van der Waals surface area contributed by atoms with Gasteiger partial charge in [0.15, 0.2) is 0 Å². The van der Waals surface area contributed by atoms with Crippen LogP contribution < -0.4 is 16.0 Å². The van der Waals surface area contributed by atoms with Crippen LogP contribution in [0.25, 0.3) is 0 Å². The lowest BCUT2D eigenvalue weighted by Crippen LogP contribution is -2.54. The summed E-state index contributed by atoms with van der Waals surface area (Å²) < 4.78 is 0. The first kappa shape index (κ1) is 25.0. The van der Waals surface area contributed by atoms with E-state index in [9.17, 15) is 24.0 Å². The van der Waals surface area contributed by atoms with Crippen LogP contribution in [0.4, 0.5) is 11.5 Å². The molecule has 10 heteroatoms. The van der Waals surface area contributed by atoms with Crippen molar-refractivity contribution in [2.75, 3.05) is 17.2 Å². The molecule has 0 spiro atoms. The van der Waals surface area contributed by atoms with Gasteiger partial charge in [-0.25, -0.2) is 4.98 Å². The molecule has 0 aliphatic carbocycles. The fraction of sp³-hybridized carbons (Fsp3) is 0.385. The molecule has 188 valence electrons. The van der Waals surface area contributed by atoms with Gasteiger partial charge in [-0.05, 0) is 43.5 Å². The van der Waals surface area contributed by atoms with Crippen LogP contribution in [0.1, 0.15) is 72.1 Å². The standard InChI is InChI=1S/C26H29N5O5/c32-21(29-20-11-5-7-16-28-20)12-4-2-1-3-6-15-27-18-10-8-9-17-23(18)26(36)31(25(17)35)19-13-14-22(33)30-24(19)34/h5,7-11,16,19,27H,1-4,6,12-15H2,(H,28,29,32)(H,30,33,34). The second kappa shape index (κ2) is 11.6. The zero-order chi connectivity index (χ0) is 25.5. The van der Waals surface area contributed by atoms with E-state index in [0.29, 0.717) is 24.5 Å². The number of amides is 5. The average molecular weight is 492 g/mol. The third-order valence-corrected chi connectivity index (χ3v) is 6.30. The highest BCUT2D eigenvalue weighted by molar-refractivity contribution is 6.25. The molecule has 1 saturated heterocycles. The third kappa shape index (κ3) is 5.76. The Bertz CT molecular complexity index is 1170. The molecule has 1 atom stereocenters. The van der Waals surface area contributed by atoms with Crippen molar-refractivity contribution in [1.29, 1.82) is 0 Å². The lowest BCUT2D eigenvalue weighted by atomic mass is 10.0. The molecule has 1 fully saturated rings. The summed E-state index contributed by atoms with van der Waals surface area (Å²) in [6.07, 6.45) is 6.83. The molecule has 3 heterocycles. The maximum Gasteiger partial charge on any atom is 0.264 e. The van der Waals surface area contributed by atoms with Gasteiger partial charge in [0.1, 0.15) is 11.9 Å². The number of benzene rings is 1. The summed E-state index contributed by atoms with van der Waals surface area (Å²) in [5, 5.41) is 8.23. The van der Waals surface area contributed by atoms with Crippen molar-refractivity contribution in [1.82, 2.24) is 15.2 Å². The second-order valence-electron chi connectivity index (χ2n) is 8.88. The van der Waals surface area contributed by atoms with E-state index in [-0.39, 0.29) is 29.9 Å². The van der Waals surface area contributed by atoms with E-state index in [1.54, 1.807) is 36.5 Å². The molecule has 0 radical (unpaired) electrons. The highest BCUT2D eigenvalue weighted by Gasteiger charge is 2.45. The van der Waals surface area contributed by atoms with Crippen molar-refractivity contribution >= 4 is 41.0 Å². The first-order chi connectivity index (χ1) is 17.5. The van der Waals surface area contributed by atoms with Gasteiger partial charge in [-0.1, -0.05) is 31.4 Å². The number of imide groups is 2. The summed E-state index contributed by atoms with van der Waals surface area (Å²) in [6.45, 7) is 0.622. The molecule has 1 aromatic carbocycles. The number of nitrogens with zero attached hydrogens (tertiary/aromatic N) is 2. The number of carbonyl (C=O) groups is 5. The van der Waals surface area contributed by atoms with Crippen molar-refractivity contribution in [3.63, 3.8) is 0 Å². The van der Waals surface area contributed by atoms with Gasteiger partial charge < -0.3 is 10.6 Å². The first-order valence-corrected chi connectivity index (χ1v) is 12.2. The molecule has 2 aromatic rings. The Kier molecular flexibility index (Phi) is 8.04. The molecule has 0 bridgehead atoms. The molecular formula is C26H29N5O5. The van der Waals surface area contributed by atoms with Crippen LogP contribution in [0, 0.1) is 0 Å². The van der Waals surface area contributed by atoms with E-state index < -0.39 is 29.7 Å². The normalized spacial score (nSPS) is 17.1. The highest BCUT2D eigenvalue weighted by Crippen LogP contribution is 2.32. The molecule has 4 rings (SSSR count). The van der Waals surface area contributed by atoms with Gasteiger partial charge in [0.05, 0.1) is 11.1 Å². The molecule has 1 aromatic heterocycles. The summed E-state index contributed by atoms with van der Waals surface area (Å²) in [4.78, 5) is 66.7. The molecule has 3 N–H and O–H groups in total. The molecule has 1 unspecified atom stereocenters. The van der Waals surface area contributed by atoms with Crippen LogP contribution in [0.3, 0.4) is 0 Å². The molecule has 0 saturated carbocycles. The van der Waals surface area contributed by atoms with Gasteiger partial charge in [-0.15, -0.1) is 0 Å².